The van der Waals surface area contributed by atoms with Crippen molar-refractivity contribution in [3.63, 3.8) is 0 Å². The van der Waals surface area contributed by atoms with Crippen molar-refractivity contribution in [2.75, 3.05) is 39.9 Å². The molecule has 0 saturated carbocycles. The Hall–Kier alpha value is -6.27. The number of hydrogen-bond donors (Lipinski definition) is 4. The number of nitriles is 1. The van der Waals surface area contributed by atoms with Crippen molar-refractivity contribution in [2.24, 2.45) is 35.0 Å². The number of benzene rings is 3. The summed E-state index contributed by atoms with van der Waals surface area (Å²) in [6, 6.07) is 19.9. The van der Waals surface area contributed by atoms with Crippen LogP contribution in [0.25, 0.3) is 22.4 Å². The van der Waals surface area contributed by atoms with E-state index in [-0.39, 0.29) is 82.9 Å². The standard InChI is InChI=1S/C51H63N7O7/c1-31(2)23-35-8-13-42(56-30-35)36-10-12-39(32(3)24-36)45(60)29-38(16-18-53)51(63)58(5)49-37-11-15-48(65-22-20-55)41(28-37)40-26-34(9-14-47(40)64-21-19-54)27-43(44(59)7-6-17-52)57-50(62)33(4)25-46(49)61/h8-15,24,26,28,30-31,33,38,43,49H,6-7,16,18-23,25,27,29,53-55H2,1-5H3,(H,57,62)/t33-,38-,43+,49+/m1/s1. The topological polar surface area (TPSA) is 234 Å². The number of carbonyl (C=O) groups excluding carboxylic acids is 5. The van der Waals surface area contributed by atoms with E-state index in [1.54, 1.807) is 43.3 Å². The minimum Gasteiger partial charge on any atom is -0.492 e. The molecule has 7 N–H and O–H groups in total. The monoisotopic (exact) mass is 885 g/mol. The van der Waals surface area contributed by atoms with Crippen molar-refractivity contribution in [1.29, 1.82) is 5.26 Å². The second kappa shape index (κ2) is 23.6. The highest BCUT2D eigenvalue weighted by atomic mass is 16.5. The largest absolute Gasteiger partial charge is 0.492 e. The third-order valence-corrected chi connectivity index (χ3v) is 11.6. The maximum absolute atomic E-state index is 14.8. The van der Waals surface area contributed by atoms with Gasteiger partial charge in [0.25, 0.3) is 0 Å². The van der Waals surface area contributed by atoms with Gasteiger partial charge in [-0.2, -0.15) is 5.26 Å². The highest BCUT2D eigenvalue weighted by Gasteiger charge is 2.36. The molecule has 5 rings (SSSR count). The molecule has 2 heterocycles. The van der Waals surface area contributed by atoms with Crippen molar-refractivity contribution in [3.05, 3.63) is 101 Å². The van der Waals surface area contributed by atoms with Gasteiger partial charge in [-0.3, -0.25) is 29.0 Å². The molecule has 3 aromatic carbocycles. The summed E-state index contributed by atoms with van der Waals surface area (Å²) in [5.74, 6) is -2.43. The lowest BCUT2D eigenvalue weighted by Gasteiger charge is -2.32. The smallest absolute Gasteiger partial charge is 0.226 e. The predicted octanol–water partition coefficient (Wildman–Crippen LogP) is 5.84. The first-order valence-corrected chi connectivity index (χ1v) is 22.4. The third kappa shape index (κ3) is 12.9. The van der Waals surface area contributed by atoms with E-state index in [0.29, 0.717) is 45.2 Å². The number of rotatable bonds is 19. The Kier molecular flexibility index (Phi) is 18.1. The molecule has 0 saturated heterocycles. The molecule has 0 spiro atoms. The summed E-state index contributed by atoms with van der Waals surface area (Å²) in [6.07, 6.45) is 2.54. The molecule has 14 heteroatoms. The lowest BCUT2D eigenvalue weighted by Crippen LogP contribution is -2.46. The summed E-state index contributed by atoms with van der Waals surface area (Å²) in [5.41, 5.74) is 24.0. The molecule has 1 aliphatic rings. The Labute approximate surface area is 382 Å². The van der Waals surface area contributed by atoms with Crippen LogP contribution < -0.4 is 32.0 Å². The van der Waals surface area contributed by atoms with Crippen LogP contribution in [0.15, 0.2) is 72.9 Å². The average molecular weight is 886 g/mol. The highest BCUT2D eigenvalue weighted by molar-refractivity contribution is 6.01. The molecule has 0 unspecified atom stereocenters. The van der Waals surface area contributed by atoms with Gasteiger partial charge in [0.1, 0.15) is 30.8 Å². The predicted molar refractivity (Wildman–Crippen MR) is 250 cm³/mol. The Bertz CT molecular complexity index is 2380. The number of likely N-dealkylation sites (N-methyl/N-ethyl adjacent to an activating group) is 1. The summed E-state index contributed by atoms with van der Waals surface area (Å²) in [4.78, 5) is 76.8. The fourth-order valence-corrected chi connectivity index (χ4v) is 8.30. The van der Waals surface area contributed by atoms with E-state index in [9.17, 15) is 29.2 Å². The molecule has 0 radical (unpaired) electrons. The molecule has 2 amide bonds. The Morgan fingerprint density at radius 2 is 1.60 bits per heavy atom. The second-order valence-electron chi connectivity index (χ2n) is 17.3. The van der Waals surface area contributed by atoms with E-state index in [2.05, 4.69) is 30.2 Å². The summed E-state index contributed by atoms with van der Waals surface area (Å²) >= 11 is 0. The van der Waals surface area contributed by atoms with Crippen LogP contribution in [0.2, 0.25) is 0 Å². The number of hydrogen-bond acceptors (Lipinski definition) is 12. The number of carbonyl (C=O) groups is 5. The first-order chi connectivity index (χ1) is 31.2. The van der Waals surface area contributed by atoms with Gasteiger partial charge in [0.05, 0.1) is 17.8 Å². The van der Waals surface area contributed by atoms with E-state index >= 15 is 0 Å². The van der Waals surface area contributed by atoms with E-state index < -0.39 is 41.5 Å². The van der Waals surface area contributed by atoms with Gasteiger partial charge >= 0.3 is 0 Å². The Balaban J connectivity index is 1.55. The van der Waals surface area contributed by atoms with Crippen LogP contribution in [0, 0.1) is 36.0 Å². The Morgan fingerprint density at radius 3 is 2.22 bits per heavy atom. The number of nitrogens with zero attached hydrogens (tertiary/aromatic N) is 3. The first-order valence-electron chi connectivity index (χ1n) is 22.4. The summed E-state index contributed by atoms with van der Waals surface area (Å²) in [6.45, 7) is 8.67. The van der Waals surface area contributed by atoms with Crippen LogP contribution in [0.1, 0.15) is 91.5 Å². The lowest BCUT2D eigenvalue weighted by atomic mass is 9.87. The van der Waals surface area contributed by atoms with Crippen molar-refractivity contribution in [3.8, 4) is 40.0 Å². The van der Waals surface area contributed by atoms with Crippen LogP contribution in [0.5, 0.6) is 11.5 Å². The van der Waals surface area contributed by atoms with Gasteiger partial charge in [-0.1, -0.05) is 51.1 Å². The molecule has 4 atom stereocenters. The number of ketones is 3. The van der Waals surface area contributed by atoms with Gasteiger partial charge in [0.2, 0.25) is 11.8 Å². The quantitative estimate of drug-likeness (QED) is 0.0813. The minimum absolute atomic E-state index is 0.0267. The number of nitrogens with one attached hydrogen (secondary N) is 1. The fraction of sp³-hybridized carbons (Fsp3) is 0.431. The maximum Gasteiger partial charge on any atom is 0.226 e. The molecular weight excluding hydrogens is 823 g/mol. The van der Waals surface area contributed by atoms with Gasteiger partial charge < -0.3 is 36.9 Å². The number of aromatic nitrogens is 1. The molecule has 4 bridgehead atoms. The van der Waals surface area contributed by atoms with E-state index in [0.717, 1.165) is 28.8 Å². The Morgan fingerprint density at radius 1 is 0.908 bits per heavy atom. The van der Waals surface area contributed by atoms with Crippen LogP contribution in [0.4, 0.5) is 0 Å². The van der Waals surface area contributed by atoms with Crippen molar-refractivity contribution in [2.45, 2.75) is 84.7 Å². The molecule has 65 heavy (non-hydrogen) atoms. The molecular formula is C51H63N7O7. The molecule has 14 nitrogen and oxygen atoms in total. The number of ether oxygens (including phenoxy) is 2. The molecule has 0 aliphatic carbocycles. The van der Waals surface area contributed by atoms with Crippen LogP contribution >= 0.6 is 0 Å². The van der Waals surface area contributed by atoms with E-state index in [1.807, 2.05) is 43.5 Å². The summed E-state index contributed by atoms with van der Waals surface area (Å²) in [5, 5.41) is 12.1. The number of aryl methyl sites for hydroxylation is 1. The van der Waals surface area contributed by atoms with Gasteiger partial charge in [0, 0.05) is 86.1 Å². The van der Waals surface area contributed by atoms with E-state index in [1.165, 1.54) is 11.9 Å². The zero-order chi connectivity index (χ0) is 47.2. The number of amides is 2. The minimum atomic E-state index is -1.22. The van der Waals surface area contributed by atoms with Crippen molar-refractivity contribution >= 4 is 29.2 Å². The summed E-state index contributed by atoms with van der Waals surface area (Å²) in [7, 11) is 1.52. The summed E-state index contributed by atoms with van der Waals surface area (Å²) < 4.78 is 12.3. The van der Waals surface area contributed by atoms with E-state index in [4.69, 9.17) is 26.7 Å². The van der Waals surface area contributed by atoms with Crippen LogP contribution in [0.3, 0.4) is 0 Å². The van der Waals surface area contributed by atoms with Crippen LogP contribution in [-0.4, -0.2) is 85.0 Å². The highest BCUT2D eigenvalue weighted by Crippen LogP contribution is 2.41. The lowest BCUT2D eigenvalue weighted by molar-refractivity contribution is -0.142. The number of Topliss-reactive ketones (excluding diaryl/α,β-unsaturated/α-hetero) is 3. The molecule has 1 aliphatic heterocycles. The number of fused-ring (bicyclic) bond motifs is 5. The van der Waals surface area contributed by atoms with Gasteiger partial charge in [0.15, 0.2) is 17.3 Å². The SMILES string of the molecule is Cc1cc(-c2ccc(CC(C)C)cn2)ccc1C(=O)C[C@@H](CCN)C(=O)N(C)[C@@H]1C(=O)C[C@@H](C)C(=O)N[C@H](C(=O)CCC#N)Cc2ccc(OCCN)c(c2)-c2cc1ccc2OCCN. The second-order valence-corrected chi connectivity index (χ2v) is 17.3. The molecule has 4 aromatic rings. The van der Waals surface area contributed by atoms with Crippen molar-refractivity contribution < 1.29 is 33.4 Å². The first kappa shape index (κ1) is 49.7. The van der Waals surface area contributed by atoms with Gasteiger partial charge in [-0.15, -0.1) is 0 Å². The normalized spacial score (nSPS) is 16.8. The van der Waals surface area contributed by atoms with Gasteiger partial charge in [-0.25, -0.2) is 0 Å². The number of pyridine rings is 1. The number of nitrogens with two attached hydrogens (primary N) is 3. The fourth-order valence-electron chi connectivity index (χ4n) is 8.30. The molecule has 344 valence electrons. The molecule has 1 aromatic heterocycles. The molecule has 0 fully saturated rings. The van der Waals surface area contributed by atoms with Gasteiger partial charge in [-0.05, 0) is 97.3 Å². The maximum atomic E-state index is 14.8. The van der Waals surface area contributed by atoms with Crippen molar-refractivity contribution in [1.82, 2.24) is 15.2 Å². The zero-order valence-corrected chi connectivity index (χ0v) is 38.2. The third-order valence-electron chi connectivity index (χ3n) is 11.6. The average Bonchev–Trinajstić information content (AvgIpc) is 3.28. The zero-order valence-electron chi connectivity index (χ0n) is 38.2. The van der Waals surface area contributed by atoms with Crippen LogP contribution in [-0.2, 0) is 32.0 Å².